The molecule has 2 rings (SSSR count). The molecule has 2 aliphatic heterocycles. The second-order valence-electron chi connectivity index (χ2n) is 4.94. The summed E-state index contributed by atoms with van der Waals surface area (Å²) in [6.45, 7) is 8.18. The van der Waals surface area contributed by atoms with Gasteiger partial charge in [-0.3, -0.25) is 9.69 Å². The number of carboxylic acids is 1. The van der Waals surface area contributed by atoms with Gasteiger partial charge in [-0.1, -0.05) is 0 Å². The lowest BCUT2D eigenvalue weighted by Crippen LogP contribution is -2.53. The van der Waals surface area contributed by atoms with Gasteiger partial charge < -0.3 is 14.9 Å². The first-order valence-electron chi connectivity index (χ1n) is 6.01. The van der Waals surface area contributed by atoms with E-state index in [1.807, 2.05) is 0 Å². The van der Waals surface area contributed by atoms with Crippen LogP contribution < -0.4 is 0 Å². The number of carbonyl (C=O) groups is 1. The van der Waals surface area contributed by atoms with E-state index in [1.165, 1.54) is 0 Å². The van der Waals surface area contributed by atoms with E-state index in [1.54, 1.807) is 0 Å². The molecule has 5 nitrogen and oxygen atoms in total. The SMILES string of the molecule is CN1CCN(CCN2CC(C(=O)O)C2)CC1. The Hall–Kier alpha value is -0.650. The molecule has 0 spiro atoms. The Morgan fingerprint density at radius 1 is 1.12 bits per heavy atom. The van der Waals surface area contributed by atoms with Crippen LogP contribution >= 0.6 is 0 Å². The van der Waals surface area contributed by atoms with Crippen molar-refractivity contribution >= 4 is 5.97 Å². The van der Waals surface area contributed by atoms with Gasteiger partial charge in [0.25, 0.3) is 0 Å². The lowest BCUT2D eigenvalue weighted by Gasteiger charge is -2.39. The summed E-state index contributed by atoms with van der Waals surface area (Å²) in [7, 11) is 2.16. The van der Waals surface area contributed by atoms with E-state index < -0.39 is 5.97 Å². The summed E-state index contributed by atoms with van der Waals surface area (Å²) in [5.74, 6) is -0.761. The summed E-state index contributed by atoms with van der Waals surface area (Å²) in [6.07, 6.45) is 0. The quantitative estimate of drug-likeness (QED) is 0.685. The minimum Gasteiger partial charge on any atom is -0.481 e. The number of nitrogens with zero attached hydrogens (tertiary/aromatic N) is 3. The van der Waals surface area contributed by atoms with Gasteiger partial charge in [0.15, 0.2) is 0 Å². The van der Waals surface area contributed by atoms with Gasteiger partial charge >= 0.3 is 5.97 Å². The molecule has 2 saturated heterocycles. The number of hydrogen-bond donors (Lipinski definition) is 1. The fraction of sp³-hybridized carbons (Fsp3) is 0.909. The number of likely N-dealkylation sites (tertiary alicyclic amines) is 1. The maximum Gasteiger partial charge on any atom is 0.309 e. The van der Waals surface area contributed by atoms with Gasteiger partial charge in [-0.25, -0.2) is 0 Å². The zero-order valence-electron chi connectivity index (χ0n) is 9.93. The van der Waals surface area contributed by atoms with Crippen molar-refractivity contribution in [2.24, 2.45) is 5.92 Å². The van der Waals surface area contributed by atoms with Gasteiger partial charge in [-0.15, -0.1) is 0 Å². The van der Waals surface area contributed by atoms with Gasteiger partial charge in [0.2, 0.25) is 0 Å². The molecule has 0 bridgehead atoms. The van der Waals surface area contributed by atoms with Crippen LogP contribution in [-0.4, -0.2) is 85.2 Å². The van der Waals surface area contributed by atoms with Crippen molar-refractivity contribution in [1.82, 2.24) is 14.7 Å². The number of rotatable bonds is 4. The first-order valence-corrected chi connectivity index (χ1v) is 6.01. The van der Waals surface area contributed by atoms with E-state index in [2.05, 4.69) is 21.7 Å². The summed E-state index contributed by atoms with van der Waals surface area (Å²) in [5, 5.41) is 8.75. The van der Waals surface area contributed by atoms with Gasteiger partial charge in [-0.2, -0.15) is 0 Å². The third kappa shape index (κ3) is 2.93. The lowest BCUT2D eigenvalue weighted by atomic mass is 10.0. The van der Waals surface area contributed by atoms with Gasteiger partial charge in [0, 0.05) is 52.4 Å². The standard InChI is InChI=1S/C11H21N3O2/c1-12-2-4-13(5-3-12)6-7-14-8-10(9-14)11(15)16/h10H,2-9H2,1H3,(H,15,16). The molecule has 0 aromatic carbocycles. The fourth-order valence-electron chi connectivity index (χ4n) is 2.26. The minimum atomic E-state index is -0.643. The van der Waals surface area contributed by atoms with Crippen LogP contribution in [-0.2, 0) is 4.79 Å². The molecular weight excluding hydrogens is 206 g/mol. The first kappa shape index (κ1) is 11.8. The molecule has 0 unspecified atom stereocenters. The van der Waals surface area contributed by atoms with Crippen molar-refractivity contribution in [2.75, 3.05) is 59.4 Å². The summed E-state index contributed by atoms with van der Waals surface area (Å²) in [5.41, 5.74) is 0. The highest BCUT2D eigenvalue weighted by Crippen LogP contribution is 2.14. The molecule has 92 valence electrons. The molecule has 1 N–H and O–H groups in total. The maximum absolute atomic E-state index is 10.6. The molecule has 2 heterocycles. The van der Waals surface area contributed by atoms with E-state index in [9.17, 15) is 4.79 Å². The third-order valence-electron chi connectivity index (χ3n) is 3.63. The smallest absolute Gasteiger partial charge is 0.309 e. The Bertz CT molecular complexity index is 246. The topological polar surface area (TPSA) is 47.0 Å². The van der Waals surface area contributed by atoms with E-state index in [0.29, 0.717) is 0 Å². The molecular formula is C11H21N3O2. The molecule has 0 atom stereocenters. The van der Waals surface area contributed by atoms with Crippen molar-refractivity contribution in [3.63, 3.8) is 0 Å². The number of likely N-dealkylation sites (N-methyl/N-ethyl adjacent to an activating group) is 1. The average molecular weight is 227 g/mol. The Kier molecular flexibility index (Phi) is 3.78. The van der Waals surface area contributed by atoms with Crippen LogP contribution in [0, 0.1) is 5.92 Å². The van der Waals surface area contributed by atoms with Crippen molar-refractivity contribution in [1.29, 1.82) is 0 Å². The van der Waals surface area contributed by atoms with Crippen LogP contribution in [0.4, 0.5) is 0 Å². The molecule has 2 fully saturated rings. The van der Waals surface area contributed by atoms with E-state index in [4.69, 9.17) is 5.11 Å². The van der Waals surface area contributed by atoms with E-state index >= 15 is 0 Å². The van der Waals surface area contributed by atoms with Gasteiger partial charge in [0.05, 0.1) is 5.92 Å². The molecule has 0 radical (unpaired) electrons. The molecule has 0 amide bonds. The summed E-state index contributed by atoms with van der Waals surface area (Å²) in [4.78, 5) is 17.7. The Labute approximate surface area is 96.6 Å². The number of piperazine rings is 1. The molecule has 0 aliphatic carbocycles. The number of hydrogen-bond acceptors (Lipinski definition) is 4. The largest absolute Gasteiger partial charge is 0.481 e. The van der Waals surface area contributed by atoms with Crippen LogP contribution in [0.3, 0.4) is 0 Å². The highest BCUT2D eigenvalue weighted by atomic mass is 16.4. The van der Waals surface area contributed by atoms with Crippen LogP contribution in [0.25, 0.3) is 0 Å². The van der Waals surface area contributed by atoms with Crippen molar-refractivity contribution in [3.8, 4) is 0 Å². The Balaban J connectivity index is 1.57. The van der Waals surface area contributed by atoms with E-state index in [0.717, 1.165) is 52.4 Å². The van der Waals surface area contributed by atoms with Gasteiger partial charge in [0.1, 0.15) is 0 Å². The Morgan fingerprint density at radius 3 is 2.25 bits per heavy atom. The van der Waals surface area contributed by atoms with Crippen LogP contribution in [0.1, 0.15) is 0 Å². The number of aliphatic carboxylic acids is 1. The monoisotopic (exact) mass is 227 g/mol. The van der Waals surface area contributed by atoms with Crippen LogP contribution in [0.2, 0.25) is 0 Å². The first-order chi connectivity index (χ1) is 7.65. The lowest BCUT2D eigenvalue weighted by molar-refractivity contribution is -0.147. The zero-order chi connectivity index (χ0) is 11.5. The highest BCUT2D eigenvalue weighted by Gasteiger charge is 2.32. The predicted molar refractivity (Wildman–Crippen MR) is 61.5 cm³/mol. The second-order valence-corrected chi connectivity index (χ2v) is 4.94. The molecule has 16 heavy (non-hydrogen) atoms. The molecule has 2 aliphatic rings. The van der Waals surface area contributed by atoms with Crippen LogP contribution in [0.5, 0.6) is 0 Å². The summed E-state index contributed by atoms with van der Waals surface area (Å²) in [6, 6.07) is 0. The zero-order valence-corrected chi connectivity index (χ0v) is 9.93. The highest BCUT2D eigenvalue weighted by molar-refractivity contribution is 5.71. The van der Waals surface area contributed by atoms with Crippen molar-refractivity contribution in [3.05, 3.63) is 0 Å². The maximum atomic E-state index is 10.6. The summed E-state index contributed by atoms with van der Waals surface area (Å²) >= 11 is 0. The van der Waals surface area contributed by atoms with Crippen molar-refractivity contribution < 1.29 is 9.90 Å². The molecule has 0 aromatic rings. The molecule has 0 aromatic heterocycles. The van der Waals surface area contributed by atoms with Gasteiger partial charge in [-0.05, 0) is 7.05 Å². The van der Waals surface area contributed by atoms with Crippen LogP contribution in [0.15, 0.2) is 0 Å². The Morgan fingerprint density at radius 2 is 1.69 bits per heavy atom. The number of carboxylic acid groups (broad SMARTS) is 1. The molecule has 0 saturated carbocycles. The third-order valence-corrected chi connectivity index (χ3v) is 3.63. The predicted octanol–water partition coefficient (Wildman–Crippen LogP) is -0.750. The second kappa shape index (κ2) is 5.12. The minimum absolute atomic E-state index is 0.118. The fourth-order valence-corrected chi connectivity index (χ4v) is 2.26. The van der Waals surface area contributed by atoms with Crippen molar-refractivity contribution in [2.45, 2.75) is 0 Å². The van der Waals surface area contributed by atoms with E-state index in [-0.39, 0.29) is 5.92 Å². The molecule has 5 heteroatoms. The average Bonchev–Trinajstić information content (AvgIpc) is 2.18. The summed E-state index contributed by atoms with van der Waals surface area (Å²) < 4.78 is 0. The normalized spacial score (nSPS) is 25.6.